The van der Waals surface area contributed by atoms with Crippen LogP contribution in [0, 0.1) is 5.41 Å². The van der Waals surface area contributed by atoms with E-state index >= 15 is 0 Å². The summed E-state index contributed by atoms with van der Waals surface area (Å²) in [5.41, 5.74) is 3.13. The van der Waals surface area contributed by atoms with Gasteiger partial charge in [-0.1, -0.05) is 38.1 Å². The van der Waals surface area contributed by atoms with E-state index in [1.807, 2.05) is 7.05 Å². The molecule has 1 heterocycles. The number of hydrogen-bond donors (Lipinski definition) is 1. The molecule has 0 aliphatic carbocycles. The molecule has 0 unspecified atom stereocenters. The minimum absolute atomic E-state index is 0.123. The van der Waals surface area contributed by atoms with Gasteiger partial charge in [0.2, 0.25) is 0 Å². The monoisotopic (exact) mass is 316 g/mol. The van der Waals surface area contributed by atoms with E-state index in [0.29, 0.717) is 5.41 Å². The maximum absolute atomic E-state index is 4.50. The molecule has 128 valence electrons. The third-order valence-corrected chi connectivity index (χ3v) is 5.39. The average molecular weight is 316 g/mol. The zero-order valence-electron chi connectivity index (χ0n) is 15.8. The lowest BCUT2D eigenvalue weighted by molar-refractivity contribution is -0.0667. The first-order valence-electron chi connectivity index (χ1n) is 8.39. The van der Waals surface area contributed by atoms with Gasteiger partial charge in [0.25, 0.3) is 0 Å². The minimum Gasteiger partial charge on any atom is -0.352 e. The van der Waals surface area contributed by atoms with Crippen LogP contribution in [-0.4, -0.2) is 49.0 Å². The quantitative estimate of drug-likeness (QED) is 0.684. The van der Waals surface area contributed by atoms with E-state index in [2.05, 4.69) is 86.2 Å². The van der Waals surface area contributed by atoms with Crippen molar-refractivity contribution in [1.29, 1.82) is 0 Å². The van der Waals surface area contributed by atoms with Gasteiger partial charge < -0.3 is 15.1 Å². The fourth-order valence-corrected chi connectivity index (χ4v) is 3.09. The molecule has 1 saturated heterocycles. The molecule has 0 saturated carbocycles. The number of guanidine groups is 1. The van der Waals surface area contributed by atoms with Crippen LogP contribution < -0.4 is 5.32 Å². The molecule has 1 aromatic rings. The molecule has 2 rings (SSSR count). The van der Waals surface area contributed by atoms with Crippen LogP contribution >= 0.6 is 0 Å². The lowest BCUT2D eigenvalue weighted by atomic mass is 9.65. The van der Waals surface area contributed by atoms with Gasteiger partial charge in [0.15, 0.2) is 5.96 Å². The summed E-state index contributed by atoms with van der Waals surface area (Å²) in [6, 6.07) is 8.62. The molecule has 1 N–H and O–H groups in total. The predicted molar refractivity (Wildman–Crippen MR) is 98.6 cm³/mol. The van der Waals surface area contributed by atoms with Gasteiger partial charge in [-0.3, -0.25) is 4.99 Å². The molecule has 23 heavy (non-hydrogen) atoms. The van der Waals surface area contributed by atoms with E-state index in [0.717, 1.165) is 25.6 Å². The lowest BCUT2D eigenvalue weighted by Crippen LogP contribution is -2.72. The number of nitrogens with zero attached hydrogens (tertiary/aromatic N) is 3. The zero-order chi connectivity index (χ0) is 17.3. The normalized spacial score (nSPS) is 19.7. The van der Waals surface area contributed by atoms with E-state index in [-0.39, 0.29) is 5.54 Å². The SMILES string of the molecule is CN=C(NCc1ccccc1CN(C)C)N1CC(C)(C)C1(C)C. The second-order valence-corrected chi connectivity index (χ2v) is 7.94. The molecule has 0 bridgehead atoms. The van der Waals surface area contributed by atoms with Crippen LogP contribution in [0.5, 0.6) is 0 Å². The van der Waals surface area contributed by atoms with Gasteiger partial charge in [-0.05, 0) is 39.1 Å². The Bertz CT molecular complexity index is 572. The number of benzene rings is 1. The van der Waals surface area contributed by atoms with E-state index < -0.39 is 0 Å². The Hall–Kier alpha value is -1.55. The zero-order valence-corrected chi connectivity index (χ0v) is 15.8. The summed E-state index contributed by atoms with van der Waals surface area (Å²) in [5, 5.41) is 3.55. The van der Waals surface area contributed by atoms with Crippen molar-refractivity contribution >= 4 is 5.96 Å². The summed E-state index contributed by atoms with van der Waals surface area (Å²) in [7, 11) is 6.08. The molecule has 0 aromatic heterocycles. The van der Waals surface area contributed by atoms with Gasteiger partial charge in [-0.25, -0.2) is 0 Å². The summed E-state index contributed by atoms with van der Waals surface area (Å²) < 4.78 is 0. The Morgan fingerprint density at radius 3 is 2.26 bits per heavy atom. The van der Waals surface area contributed by atoms with Crippen molar-refractivity contribution < 1.29 is 0 Å². The van der Waals surface area contributed by atoms with Crippen molar-refractivity contribution in [2.45, 2.75) is 46.3 Å². The van der Waals surface area contributed by atoms with Crippen molar-refractivity contribution in [2.24, 2.45) is 10.4 Å². The molecule has 0 amide bonds. The smallest absolute Gasteiger partial charge is 0.194 e. The van der Waals surface area contributed by atoms with E-state index in [1.165, 1.54) is 11.1 Å². The molecule has 1 aromatic carbocycles. The second kappa shape index (κ2) is 6.52. The molecule has 4 nitrogen and oxygen atoms in total. The van der Waals surface area contributed by atoms with Crippen molar-refractivity contribution in [2.75, 3.05) is 27.7 Å². The highest BCUT2D eigenvalue weighted by Gasteiger charge is 2.53. The standard InChI is InChI=1S/C19H32N4/c1-18(2)14-23(19(18,3)4)17(20-5)21-12-15-10-8-9-11-16(15)13-22(6)7/h8-11H,12-14H2,1-7H3,(H,20,21). The van der Waals surface area contributed by atoms with Crippen LogP contribution in [0.1, 0.15) is 38.8 Å². The molecule has 0 radical (unpaired) electrons. The van der Waals surface area contributed by atoms with Crippen LogP contribution in [0.4, 0.5) is 0 Å². The first-order chi connectivity index (χ1) is 10.7. The Balaban J connectivity index is 2.06. The maximum atomic E-state index is 4.50. The van der Waals surface area contributed by atoms with Crippen LogP contribution in [0.25, 0.3) is 0 Å². The van der Waals surface area contributed by atoms with Gasteiger partial charge in [0.05, 0.1) is 0 Å². The maximum Gasteiger partial charge on any atom is 0.194 e. The van der Waals surface area contributed by atoms with Gasteiger partial charge in [0.1, 0.15) is 0 Å². The molecule has 1 aliphatic heterocycles. The van der Waals surface area contributed by atoms with Crippen LogP contribution in [0.2, 0.25) is 0 Å². The topological polar surface area (TPSA) is 30.9 Å². The van der Waals surface area contributed by atoms with E-state index in [4.69, 9.17) is 0 Å². The summed E-state index contributed by atoms with van der Waals surface area (Å²) in [4.78, 5) is 9.08. The van der Waals surface area contributed by atoms with E-state index in [1.54, 1.807) is 0 Å². The van der Waals surface area contributed by atoms with E-state index in [9.17, 15) is 0 Å². The molecular formula is C19H32N4. The van der Waals surface area contributed by atoms with Crippen molar-refractivity contribution in [1.82, 2.24) is 15.1 Å². The Labute approximate surface area is 141 Å². The number of rotatable bonds is 4. The van der Waals surface area contributed by atoms with Gasteiger partial charge in [-0.15, -0.1) is 0 Å². The van der Waals surface area contributed by atoms with Crippen molar-refractivity contribution in [3.05, 3.63) is 35.4 Å². The highest BCUT2D eigenvalue weighted by atomic mass is 15.4. The highest BCUT2D eigenvalue weighted by Crippen LogP contribution is 2.46. The highest BCUT2D eigenvalue weighted by molar-refractivity contribution is 5.82. The molecular weight excluding hydrogens is 284 g/mol. The molecule has 0 atom stereocenters. The predicted octanol–water partition coefficient (Wildman–Crippen LogP) is 2.94. The molecule has 1 aliphatic rings. The number of hydrogen-bond acceptors (Lipinski definition) is 2. The van der Waals surface area contributed by atoms with Crippen LogP contribution in [0.3, 0.4) is 0 Å². The van der Waals surface area contributed by atoms with Crippen molar-refractivity contribution in [3.63, 3.8) is 0 Å². The van der Waals surface area contributed by atoms with Gasteiger partial charge >= 0.3 is 0 Å². The lowest BCUT2D eigenvalue weighted by Gasteiger charge is -2.62. The number of nitrogens with one attached hydrogen (secondary N) is 1. The Kier molecular flexibility index (Phi) is 5.04. The Morgan fingerprint density at radius 2 is 1.78 bits per heavy atom. The largest absolute Gasteiger partial charge is 0.352 e. The number of likely N-dealkylation sites (tertiary alicyclic amines) is 1. The average Bonchev–Trinajstić information content (AvgIpc) is 2.47. The number of aliphatic imine (C=N–C) groups is 1. The van der Waals surface area contributed by atoms with Gasteiger partial charge in [-0.2, -0.15) is 0 Å². The summed E-state index contributed by atoms with van der Waals surface area (Å²) in [6.45, 7) is 12.0. The molecule has 0 spiro atoms. The minimum atomic E-state index is 0.123. The first-order valence-corrected chi connectivity index (χ1v) is 8.39. The third-order valence-electron chi connectivity index (χ3n) is 5.39. The fourth-order valence-electron chi connectivity index (χ4n) is 3.09. The summed E-state index contributed by atoms with van der Waals surface area (Å²) in [6.07, 6.45) is 0. The third kappa shape index (κ3) is 3.52. The van der Waals surface area contributed by atoms with Gasteiger partial charge in [0, 0.05) is 37.6 Å². The summed E-state index contributed by atoms with van der Waals surface area (Å²) in [5.74, 6) is 0.994. The molecule has 1 fully saturated rings. The van der Waals surface area contributed by atoms with Crippen molar-refractivity contribution in [3.8, 4) is 0 Å². The van der Waals surface area contributed by atoms with Crippen LogP contribution in [0.15, 0.2) is 29.3 Å². The fraction of sp³-hybridized carbons (Fsp3) is 0.632. The molecule has 4 heteroatoms. The van der Waals surface area contributed by atoms with Crippen LogP contribution in [-0.2, 0) is 13.1 Å². The first kappa shape index (κ1) is 17.8. The Morgan fingerprint density at radius 1 is 1.17 bits per heavy atom. The summed E-state index contributed by atoms with van der Waals surface area (Å²) >= 11 is 0. The second-order valence-electron chi connectivity index (χ2n) is 7.94.